The Hall–Kier alpha value is -1.58. The first-order valence-corrected chi connectivity index (χ1v) is 6.81. The molecule has 18 heavy (non-hydrogen) atoms. The van der Waals surface area contributed by atoms with Gasteiger partial charge >= 0.3 is 0 Å². The molecule has 0 bridgehead atoms. The summed E-state index contributed by atoms with van der Waals surface area (Å²) in [4.78, 5) is 4.57. The Labute approximate surface area is 107 Å². The second-order valence-electron chi connectivity index (χ2n) is 5.50. The number of aryl methyl sites for hydroxylation is 1. The van der Waals surface area contributed by atoms with Crippen molar-refractivity contribution in [2.24, 2.45) is 5.92 Å². The molecule has 3 rings (SSSR count). The molecule has 0 aromatic carbocycles. The van der Waals surface area contributed by atoms with Crippen LogP contribution in [0, 0.1) is 12.8 Å². The molecule has 1 aliphatic carbocycles. The van der Waals surface area contributed by atoms with Crippen LogP contribution in [-0.4, -0.2) is 20.6 Å². The van der Waals surface area contributed by atoms with E-state index < -0.39 is 0 Å². The molecular formula is C14H20N4. The number of anilines is 1. The fourth-order valence-electron chi connectivity index (χ4n) is 2.69. The number of nitrogens with one attached hydrogen (secondary N) is 1. The van der Waals surface area contributed by atoms with E-state index in [1.807, 2.05) is 16.8 Å². The van der Waals surface area contributed by atoms with Crippen molar-refractivity contribution in [2.45, 2.75) is 45.6 Å². The summed E-state index contributed by atoms with van der Waals surface area (Å²) in [6.45, 7) is 4.40. The third kappa shape index (κ3) is 2.19. The average Bonchev–Trinajstić information content (AvgIpc) is 2.76. The third-order valence-electron chi connectivity index (χ3n) is 3.91. The van der Waals surface area contributed by atoms with Gasteiger partial charge in [0.05, 0.1) is 0 Å². The van der Waals surface area contributed by atoms with Crippen LogP contribution in [-0.2, 0) is 0 Å². The van der Waals surface area contributed by atoms with Crippen LogP contribution in [0.1, 0.15) is 38.2 Å². The van der Waals surface area contributed by atoms with Gasteiger partial charge in [0.2, 0.25) is 5.95 Å². The smallest absolute Gasteiger partial charge is 0.243 e. The van der Waals surface area contributed by atoms with Crippen LogP contribution < -0.4 is 5.32 Å². The lowest BCUT2D eigenvalue weighted by atomic mass is 9.87. The molecule has 0 atom stereocenters. The quantitative estimate of drug-likeness (QED) is 0.883. The number of aromatic nitrogens is 3. The predicted molar refractivity (Wildman–Crippen MR) is 72.8 cm³/mol. The number of hydrogen-bond donors (Lipinski definition) is 1. The maximum Gasteiger partial charge on any atom is 0.243 e. The SMILES string of the molecule is Cc1cccn2nc(NC3CCC(C)CC3)nc12. The van der Waals surface area contributed by atoms with Crippen molar-refractivity contribution in [3.05, 3.63) is 23.9 Å². The minimum absolute atomic E-state index is 0.541. The van der Waals surface area contributed by atoms with Crippen molar-refractivity contribution < 1.29 is 0 Å². The molecule has 0 aliphatic heterocycles. The molecule has 0 radical (unpaired) electrons. The van der Waals surface area contributed by atoms with Gasteiger partial charge in [-0.3, -0.25) is 0 Å². The fraction of sp³-hybridized carbons (Fsp3) is 0.571. The van der Waals surface area contributed by atoms with E-state index in [0.717, 1.165) is 23.1 Å². The zero-order valence-corrected chi connectivity index (χ0v) is 11.1. The summed E-state index contributed by atoms with van der Waals surface area (Å²) in [6.07, 6.45) is 7.03. The van der Waals surface area contributed by atoms with Crippen molar-refractivity contribution in [3.63, 3.8) is 0 Å². The van der Waals surface area contributed by atoms with Crippen LogP contribution in [0.3, 0.4) is 0 Å². The molecule has 0 saturated heterocycles. The highest BCUT2D eigenvalue weighted by molar-refractivity contribution is 5.49. The highest BCUT2D eigenvalue weighted by atomic mass is 15.3. The molecule has 2 aromatic rings. The van der Waals surface area contributed by atoms with Gasteiger partial charge in [-0.15, -0.1) is 5.10 Å². The summed E-state index contributed by atoms with van der Waals surface area (Å²) in [5.41, 5.74) is 2.11. The number of rotatable bonds is 2. The van der Waals surface area contributed by atoms with Gasteiger partial charge in [-0.1, -0.05) is 13.0 Å². The highest BCUT2D eigenvalue weighted by Gasteiger charge is 2.19. The minimum Gasteiger partial charge on any atom is -0.350 e. The largest absolute Gasteiger partial charge is 0.350 e. The monoisotopic (exact) mass is 244 g/mol. The van der Waals surface area contributed by atoms with Crippen molar-refractivity contribution in [1.29, 1.82) is 0 Å². The standard InChI is InChI=1S/C14H20N4/c1-10-5-7-12(8-6-10)15-14-16-13-11(2)4-3-9-18(13)17-14/h3-4,9-10,12H,5-8H2,1-2H3,(H,15,17). The summed E-state index contributed by atoms with van der Waals surface area (Å²) >= 11 is 0. The van der Waals surface area contributed by atoms with Gasteiger partial charge in [0.1, 0.15) is 0 Å². The molecule has 1 fully saturated rings. The van der Waals surface area contributed by atoms with Crippen molar-refractivity contribution >= 4 is 11.6 Å². The van der Waals surface area contributed by atoms with Crippen molar-refractivity contribution in [2.75, 3.05) is 5.32 Å². The molecule has 96 valence electrons. The lowest BCUT2D eigenvalue weighted by Gasteiger charge is -2.26. The van der Waals surface area contributed by atoms with E-state index in [1.54, 1.807) is 0 Å². The molecule has 2 aromatic heterocycles. The Morgan fingerprint density at radius 1 is 1.28 bits per heavy atom. The Kier molecular flexibility index (Phi) is 2.94. The molecule has 0 unspecified atom stereocenters. The van der Waals surface area contributed by atoms with Crippen LogP contribution in [0.2, 0.25) is 0 Å². The van der Waals surface area contributed by atoms with Crippen LogP contribution in [0.5, 0.6) is 0 Å². The molecule has 0 spiro atoms. The van der Waals surface area contributed by atoms with Crippen LogP contribution in [0.15, 0.2) is 18.3 Å². The predicted octanol–water partition coefficient (Wildman–Crippen LogP) is 3.03. The zero-order valence-electron chi connectivity index (χ0n) is 11.1. The lowest BCUT2D eigenvalue weighted by molar-refractivity contribution is 0.360. The summed E-state index contributed by atoms with van der Waals surface area (Å²) < 4.78 is 1.85. The van der Waals surface area contributed by atoms with Crippen LogP contribution in [0.4, 0.5) is 5.95 Å². The molecule has 1 saturated carbocycles. The molecule has 4 heteroatoms. The van der Waals surface area contributed by atoms with E-state index in [2.05, 4.69) is 35.3 Å². The number of pyridine rings is 1. The third-order valence-corrected chi connectivity index (χ3v) is 3.91. The van der Waals surface area contributed by atoms with E-state index in [0.29, 0.717) is 6.04 Å². The van der Waals surface area contributed by atoms with Crippen molar-refractivity contribution in [3.8, 4) is 0 Å². The zero-order chi connectivity index (χ0) is 12.5. The molecule has 1 N–H and O–H groups in total. The van der Waals surface area contributed by atoms with Crippen LogP contribution in [0.25, 0.3) is 5.65 Å². The molecular weight excluding hydrogens is 224 g/mol. The van der Waals surface area contributed by atoms with Gasteiger partial charge in [-0.05, 0) is 50.2 Å². The van der Waals surface area contributed by atoms with Crippen molar-refractivity contribution in [1.82, 2.24) is 14.6 Å². The normalized spacial score (nSPS) is 24.3. The Morgan fingerprint density at radius 3 is 2.78 bits per heavy atom. The Balaban J connectivity index is 1.77. The molecule has 2 heterocycles. The molecule has 4 nitrogen and oxygen atoms in total. The maximum absolute atomic E-state index is 4.57. The summed E-state index contributed by atoms with van der Waals surface area (Å²) in [6, 6.07) is 4.61. The number of fused-ring (bicyclic) bond motifs is 1. The Morgan fingerprint density at radius 2 is 2.06 bits per heavy atom. The van der Waals surface area contributed by atoms with Crippen LogP contribution >= 0.6 is 0 Å². The summed E-state index contributed by atoms with van der Waals surface area (Å²) in [5, 5.41) is 7.96. The first-order valence-electron chi connectivity index (χ1n) is 6.81. The van der Waals surface area contributed by atoms with E-state index in [4.69, 9.17) is 0 Å². The average molecular weight is 244 g/mol. The number of hydrogen-bond acceptors (Lipinski definition) is 3. The molecule has 1 aliphatic rings. The number of nitrogens with zero attached hydrogens (tertiary/aromatic N) is 3. The van der Waals surface area contributed by atoms with Gasteiger partial charge in [-0.25, -0.2) is 4.52 Å². The van der Waals surface area contributed by atoms with E-state index >= 15 is 0 Å². The van der Waals surface area contributed by atoms with Gasteiger partial charge in [-0.2, -0.15) is 4.98 Å². The second-order valence-corrected chi connectivity index (χ2v) is 5.50. The fourth-order valence-corrected chi connectivity index (χ4v) is 2.69. The minimum atomic E-state index is 0.541. The van der Waals surface area contributed by atoms with Gasteiger partial charge in [0.15, 0.2) is 5.65 Å². The van der Waals surface area contributed by atoms with E-state index in [9.17, 15) is 0 Å². The first kappa shape index (κ1) is 11.5. The molecule has 0 amide bonds. The van der Waals surface area contributed by atoms with Gasteiger partial charge in [0, 0.05) is 12.2 Å². The van der Waals surface area contributed by atoms with Gasteiger partial charge < -0.3 is 5.32 Å². The topological polar surface area (TPSA) is 42.2 Å². The van der Waals surface area contributed by atoms with Gasteiger partial charge in [0.25, 0.3) is 0 Å². The Bertz CT molecular complexity index is 538. The maximum atomic E-state index is 4.57. The second kappa shape index (κ2) is 4.59. The first-order chi connectivity index (χ1) is 8.72. The van der Waals surface area contributed by atoms with E-state index in [1.165, 1.54) is 25.7 Å². The highest BCUT2D eigenvalue weighted by Crippen LogP contribution is 2.25. The summed E-state index contributed by atoms with van der Waals surface area (Å²) in [5.74, 6) is 1.64. The van der Waals surface area contributed by atoms with E-state index in [-0.39, 0.29) is 0 Å². The summed E-state index contributed by atoms with van der Waals surface area (Å²) in [7, 11) is 0. The lowest BCUT2D eigenvalue weighted by Crippen LogP contribution is -2.25.